The lowest BCUT2D eigenvalue weighted by Gasteiger charge is -2.19. The van der Waals surface area contributed by atoms with Crippen LogP contribution in [0.1, 0.15) is 6.42 Å². The van der Waals surface area contributed by atoms with Crippen molar-refractivity contribution < 1.29 is 9.53 Å². The second-order valence-corrected chi connectivity index (χ2v) is 5.53. The Morgan fingerprint density at radius 1 is 1.17 bits per heavy atom. The Morgan fingerprint density at radius 2 is 1.87 bits per heavy atom. The molecule has 5 nitrogen and oxygen atoms in total. The molecule has 23 heavy (non-hydrogen) atoms. The van der Waals surface area contributed by atoms with Gasteiger partial charge in [-0.2, -0.15) is 0 Å². The van der Waals surface area contributed by atoms with Gasteiger partial charge in [-0.25, -0.2) is 0 Å². The van der Waals surface area contributed by atoms with Crippen molar-refractivity contribution in [2.24, 2.45) is 11.7 Å². The minimum Gasteiger partial charge on any atom is -0.472 e. The molecule has 1 unspecified atom stereocenters. The van der Waals surface area contributed by atoms with Gasteiger partial charge in [-0.3, -0.25) is 10.2 Å². The van der Waals surface area contributed by atoms with Gasteiger partial charge in [-0.05, 0) is 18.1 Å². The highest BCUT2D eigenvalue weighted by Gasteiger charge is 2.33. The number of amides is 1. The summed E-state index contributed by atoms with van der Waals surface area (Å²) in [5.74, 6) is 0.0395. The van der Waals surface area contributed by atoms with Crippen molar-refractivity contribution >= 4 is 11.7 Å². The van der Waals surface area contributed by atoms with Gasteiger partial charge in [-0.15, -0.1) is 0 Å². The smallest absolute Gasteiger partial charge is 0.235 e. The summed E-state index contributed by atoms with van der Waals surface area (Å²) >= 11 is 0. The van der Waals surface area contributed by atoms with Crippen LogP contribution in [-0.2, 0) is 4.79 Å². The van der Waals surface area contributed by atoms with Crippen molar-refractivity contribution in [2.45, 2.75) is 6.42 Å². The molecular weight excluding hydrogens is 290 g/mol. The molecule has 0 bridgehead atoms. The number of hydrogen-bond donors (Lipinski definition) is 2. The molecule has 1 fully saturated rings. The first-order valence-electron chi connectivity index (χ1n) is 7.57. The molecule has 3 rings (SSSR count). The van der Waals surface area contributed by atoms with Gasteiger partial charge in [-0.1, -0.05) is 48.5 Å². The van der Waals surface area contributed by atoms with Gasteiger partial charge in [0.25, 0.3) is 0 Å². The lowest BCUT2D eigenvalue weighted by Crippen LogP contribution is -2.35. The highest BCUT2D eigenvalue weighted by molar-refractivity contribution is 6.02. The number of nitrogens with two attached hydrogens (primary N) is 1. The zero-order valence-electron chi connectivity index (χ0n) is 12.7. The van der Waals surface area contributed by atoms with Gasteiger partial charge in [0.2, 0.25) is 5.91 Å². The quantitative estimate of drug-likeness (QED) is 0.658. The molecule has 0 aromatic heterocycles. The molecule has 1 heterocycles. The molecule has 0 saturated carbocycles. The van der Waals surface area contributed by atoms with E-state index in [0.29, 0.717) is 13.0 Å². The van der Waals surface area contributed by atoms with Crippen LogP contribution in [0.3, 0.4) is 0 Å². The van der Waals surface area contributed by atoms with Gasteiger partial charge < -0.3 is 15.4 Å². The zero-order valence-corrected chi connectivity index (χ0v) is 12.7. The van der Waals surface area contributed by atoms with Crippen molar-refractivity contribution in [2.75, 3.05) is 13.3 Å². The summed E-state index contributed by atoms with van der Waals surface area (Å²) in [6.45, 7) is 0.739. The Kier molecular flexibility index (Phi) is 4.28. The molecule has 1 atom stereocenters. The molecule has 0 spiro atoms. The topological polar surface area (TPSA) is 79.4 Å². The normalized spacial score (nSPS) is 17.3. The van der Waals surface area contributed by atoms with Gasteiger partial charge in [0.15, 0.2) is 6.73 Å². The third kappa shape index (κ3) is 3.18. The van der Waals surface area contributed by atoms with Crippen LogP contribution in [0.4, 0.5) is 0 Å². The highest BCUT2D eigenvalue weighted by atomic mass is 16.5. The first-order chi connectivity index (χ1) is 11.2. The Bertz CT molecular complexity index is 715. The molecule has 1 aliphatic rings. The average molecular weight is 309 g/mol. The minimum atomic E-state index is -0.497. The number of likely N-dealkylation sites (tertiary alicyclic amines) is 1. The van der Waals surface area contributed by atoms with Crippen LogP contribution in [0.25, 0.3) is 11.1 Å². The number of hydrogen-bond acceptors (Lipinski definition) is 3. The molecule has 2 aromatic rings. The predicted octanol–water partition coefficient (Wildman–Crippen LogP) is 2.47. The summed E-state index contributed by atoms with van der Waals surface area (Å²) in [7, 11) is 0. The van der Waals surface area contributed by atoms with Crippen molar-refractivity contribution in [1.82, 2.24) is 4.90 Å². The average Bonchev–Trinajstić information content (AvgIpc) is 2.95. The third-order valence-electron chi connectivity index (χ3n) is 4.02. The van der Waals surface area contributed by atoms with E-state index < -0.39 is 5.92 Å². The summed E-state index contributed by atoms with van der Waals surface area (Å²) in [6.07, 6.45) is 0.581. The monoisotopic (exact) mass is 309 g/mol. The fraction of sp³-hybridized carbons (Fsp3) is 0.222. The fourth-order valence-corrected chi connectivity index (χ4v) is 2.75. The number of ether oxygens (including phenoxy) is 1. The molecule has 0 aliphatic carbocycles. The summed E-state index contributed by atoms with van der Waals surface area (Å²) in [5, 5.41) is 7.44. The lowest BCUT2D eigenvalue weighted by atomic mass is 10.1. The SMILES string of the molecule is N=C(N)C1CCN(COc2ccccc2-c2ccccc2)C1=O. The second kappa shape index (κ2) is 6.52. The molecule has 2 aromatic carbocycles. The molecule has 0 radical (unpaired) electrons. The maximum Gasteiger partial charge on any atom is 0.235 e. The van der Waals surface area contributed by atoms with Crippen LogP contribution in [0.5, 0.6) is 5.75 Å². The summed E-state index contributed by atoms with van der Waals surface area (Å²) in [4.78, 5) is 13.8. The maximum absolute atomic E-state index is 12.1. The van der Waals surface area contributed by atoms with Gasteiger partial charge in [0.05, 0.1) is 5.92 Å². The molecule has 118 valence electrons. The third-order valence-corrected chi connectivity index (χ3v) is 4.02. The van der Waals surface area contributed by atoms with E-state index in [9.17, 15) is 4.79 Å². The Morgan fingerprint density at radius 3 is 2.57 bits per heavy atom. The largest absolute Gasteiger partial charge is 0.472 e. The number of rotatable bonds is 5. The van der Waals surface area contributed by atoms with Crippen molar-refractivity contribution in [3.05, 3.63) is 54.6 Å². The Labute approximate surface area is 135 Å². The van der Waals surface area contributed by atoms with E-state index in [-0.39, 0.29) is 18.5 Å². The van der Waals surface area contributed by atoms with Crippen molar-refractivity contribution in [3.63, 3.8) is 0 Å². The number of carbonyl (C=O) groups is 1. The number of para-hydroxylation sites is 1. The fourth-order valence-electron chi connectivity index (χ4n) is 2.75. The van der Waals surface area contributed by atoms with Crippen LogP contribution < -0.4 is 10.5 Å². The number of nitrogens with zero attached hydrogens (tertiary/aromatic N) is 1. The summed E-state index contributed by atoms with van der Waals surface area (Å²) in [5.41, 5.74) is 7.51. The molecule has 1 amide bonds. The van der Waals surface area contributed by atoms with Crippen molar-refractivity contribution in [1.29, 1.82) is 5.41 Å². The van der Waals surface area contributed by atoms with E-state index in [0.717, 1.165) is 16.9 Å². The first-order valence-corrected chi connectivity index (χ1v) is 7.57. The standard InChI is InChI=1S/C18H19N3O2/c19-17(20)15-10-11-21(18(15)22)12-23-16-9-5-4-8-14(16)13-6-2-1-3-7-13/h1-9,15H,10-12H2,(H3,19,20). The molecule has 1 saturated heterocycles. The zero-order chi connectivity index (χ0) is 16.2. The molecule has 1 aliphatic heterocycles. The van der Waals surface area contributed by atoms with Gasteiger partial charge in [0.1, 0.15) is 11.6 Å². The van der Waals surface area contributed by atoms with E-state index in [1.165, 1.54) is 0 Å². The summed E-state index contributed by atoms with van der Waals surface area (Å²) in [6, 6.07) is 17.7. The number of amidine groups is 1. The van der Waals surface area contributed by atoms with E-state index in [1.807, 2.05) is 54.6 Å². The van der Waals surface area contributed by atoms with E-state index in [1.54, 1.807) is 4.90 Å². The van der Waals surface area contributed by atoms with Crippen LogP contribution in [-0.4, -0.2) is 29.9 Å². The van der Waals surface area contributed by atoms with Gasteiger partial charge >= 0.3 is 0 Å². The van der Waals surface area contributed by atoms with Crippen molar-refractivity contribution in [3.8, 4) is 16.9 Å². The van der Waals surface area contributed by atoms with E-state index >= 15 is 0 Å². The van der Waals surface area contributed by atoms with E-state index in [4.69, 9.17) is 15.9 Å². The number of benzene rings is 2. The van der Waals surface area contributed by atoms with Crippen LogP contribution in [0.15, 0.2) is 54.6 Å². The van der Waals surface area contributed by atoms with Gasteiger partial charge in [0, 0.05) is 12.1 Å². The number of carbonyl (C=O) groups excluding carboxylic acids is 1. The molecule has 3 N–H and O–H groups in total. The Hall–Kier alpha value is -2.82. The van der Waals surface area contributed by atoms with Crippen LogP contribution in [0.2, 0.25) is 0 Å². The Balaban J connectivity index is 1.73. The minimum absolute atomic E-state index is 0.0674. The second-order valence-electron chi connectivity index (χ2n) is 5.53. The number of nitrogens with one attached hydrogen (secondary N) is 1. The first kappa shape index (κ1) is 15.1. The highest BCUT2D eigenvalue weighted by Crippen LogP contribution is 2.30. The summed E-state index contributed by atoms with van der Waals surface area (Å²) < 4.78 is 5.87. The molecular formula is C18H19N3O2. The lowest BCUT2D eigenvalue weighted by molar-refractivity contribution is -0.131. The van der Waals surface area contributed by atoms with Crippen LogP contribution >= 0.6 is 0 Å². The maximum atomic E-state index is 12.1. The van der Waals surface area contributed by atoms with E-state index in [2.05, 4.69) is 0 Å². The predicted molar refractivity (Wildman–Crippen MR) is 89.1 cm³/mol. The molecule has 5 heteroatoms. The van der Waals surface area contributed by atoms with Crippen LogP contribution in [0, 0.1) is 11.3 Å².